The highest BCUT2D eigenvalue weighted by molar-refractivity contribution is 5.68. The smallest absolute Gasteiger partial charge is 0.407 e. The van der Waals surface area contributed by atoms with E-state index in [1.54, 1.807) is 0 Å². The minimum absolute atomic E-state index is 0.0292. The molecule has 23 heavy (non-hydrogen) atoms. The van der Waals surface area contributed by atoms with E-state index in [4.69, 9.17) is 10.5 Å². The number of carbonyl (C=O) groups is 1. The predicted molar refractivity (Wildman–Crippen MR) is 93.2 cm³/mol. The van der Waals surface area contributed by atoms with Crippen molar-refractivity contribution in [3.05, 3.63) is 0 Å². The van der Waals surface area contributed by atoms with Crippen LogP contribution in [0.4, 0.5) is 4.79 Å². The number of nitrogens with one attached hydrogen (secondary N) is 1. The van der Waals surface area contributed by atoms with Gasteiger partial charge in [-0.3, -0.25) is 4.90 Å². The molecule has 2 aliphatic carbocycles. The summed E-state index contributed by atoms with van der Waals surface area (Å²) in [6.07, 6.45) is 5.28. The average molecular weight is 325 g/mol. The molecule has 5 heteroatoms. The minimum Gasteiger partial charge on any atom is -0.444 e. The van der Waals surface area contributed by atoms with Crippen LogP contribution in [0, 0.1) is 17.8 Å². The van der Waals surface area contributed by atoms with E-state index in [2.05, 4.69) is 17.3 Å². The second kappa shape index (κ2) is 7.39. The summed E-state index contributed by atoms with van der Waals surface area (Å²) in [5.74, 6) is 2.68. The number of likely N-dealkylation sites (N-methyl/N-ethyl adjacent to an activating group) is 1. The number of fused-ring (bicyclic) bond motifs is 2. The fraction of sp³-hybridized carbons (Fsp3) is 0.944. The molecule has 2 saturated carbocycles. The van der Waals surface area contributed by atoms with E-state index in [9.17, 15) is 4.79 Å². The molecule has 0 aliphatic heterocycles. The number of hydrogen-bond donors (Lipinski definition) is 2. The predicted octanol–water partition coefficient (Wildman–Crippen LogP) is 2.59. The number of hydrogen-bond acceptors (Lipinski definition) is 4. The largest absolute Gasteiger partial charge is 0.444 e. The molecule has 1 amide bonds. The second-order valence-electron chi connectivity index (χ2n) is 8.61. The Hall–Kier alpha value is -0.810. The van der Waals surface area contributed by atoms with Crippen molar-refractivity contribution in [3.63, 3.8) is 0 Å². The molecule has 0 heterocycles. The number of amides is 1. The van der Waals surface area contributed by atoms with Gasteiger partial charge in [0.15, 0.2) is 0 Å². The highest BCUT2D eigenvalue weighted by Gasteiger charge is 2.40. The number of ether oxygens (including phenoxy) is 1. The third-order valence-corrected chi connectivity index (χ3v) is 5.54. The second-order valence-corrected chi connectivity index (χ2v) is 8.61. The van der Waals surface area contributed by atoms with Crippen molar-refractivity contribution in [2.45, 2.75) is 71.1 Å². The normalized spacial score (nSPS) is 29.6. The van der Waals surface area contributed by atoms with Gasteiger partial charge in [0.05, 0.1) is 0 Å². The van der Waals surface area contributed by atoms with Crippen LogP contribution in [0.3, 0.4) is 0 Å². The summed E-state index contributed by atoms with van der Waals surface area (Å²) in [4.78, 5) is 14.3. The summed E-state index contributed by atoms with van der Waals surface area (Å²) in [5, 5.41) is 2.94. The van der Waals surface area contributed by atoms with Crippen molar-refractivity contribution in [2.75, 3.05) is 20.1 Å². The summed E-state index contributed by atoms with van der Waals surface area (Å²) in [7, 11) is 2.14. The first-order chi connectivity index (χ1) is 10.7. The van der Waals surface area contributed by atoms with Gasteiger partial charge in [-0.1, -0.05) is 6.42 Å². The topological polar surface area (TPSA) is 67.6 Å². The number of carbonyl (C=O) groups excluding carboxylic acids is 1. The molecule has 0 saturated heterocycles. The van der Waals surface area contributed by atoms with Crippen molar-refractivity contribution in [1.82, 2.24) is 10.2 Å². The van der Waals surface area contributed by atoms with Crippen LogP contribution in [0.5, 0.6) is 0 Å². The molecule has 3 N–H and O–H groups in total. The molecule has 0 aromatic carbocycles. The van der Waals surface area contributed by atoms with Crippen molar-refractivity contribution in [1.29, 1.82) is 0 Å². The Labute approximate surface area is 141 Å². The van der Waals surface area contributed by atoms with E-state index in [1.807, 2.05) is 27.7 Å². The monoisotopic (exact) mass is 325 g/mol. The first-order valence-electron chi connectivity index (χ1n) is 9.09. The number of alkyl carbamates (subject to hydrolysis) is 1. The highest BCUT2D eigenvalue weighted by Crippen LogP contribution is 2.48. The zero-order valence-corrected chi connectivity index (χ0v) is 15.5. The van der Waals surface area contributed by atoms with Gasteiger partial charge in [0.2, 0.25) is 0 Å². The SMILES string of the molecule is CC(NC(=O)OC(C)(C)C)C(CN)N(C)CC1CC2CCC1C2. The maximum atomic E-state index is 12.0. The Kier molecular flexibility index (Phi) is 5.95. The van der Waals surface area contributed by atoms with E-state index >= 15 is 0 Å². The molecule has 134 valence electrons. The van der Waals surface area contributed by atoms with Gasteiger partial charge in [-0.15, -0.1) is 0 Å². The van der Waals surface area contributed by atoms with Crippen LogP contribution in [-0.2, 0) is 4.74 Å². The third-order valence-electron chi connectivity index (χ3n) is 5.54. The van der Waals surface area contributed by atoms with Gasteiger partial charge in [-0.2, -0.15) is 0 Å². The average Bonchev–Trinajstić information content (AvgIpc) is 2.98. The van der Waals surface area contributed by atoms with Crippen molar-refractivity contribution in [2.24, 2.45) is 23.5 Å². The van der Waals surface area contributed by atoms with Crippen molar-refractivity contribution < 1.29 is 9.53 Å². The summed E-state index contributed by atoms with van der Waals surface area (Å²) in [6, 6.07) is 0.111. The molecule has 2 rings (SSSR count). The van der Waals surface area contributed by atoms with Crippen LogP contribution < -0.4 is 11.1 Å². The van der Waals surface area contributed by atoms with Crippen LogP contribution in [0.25, 0.3) is 0 Å². The molecule has 0 radical (unpaired) electrons. The van der Waals surface area contributed by atoms with Gasteiger partial charge in [-0.25, -0.2) is 4.79 Å². The van der Waals surface area contributed by atoms with Crippen LogP contribution >= 0.6 is 0 Å². The van der Waals surface area contributed by atoms with Gasteiger partial charge in [0.1, 0.15) is 5.60 Å². The molecule has 0 aromatic rings. The Morgan fingerprint density at radius 3 is 2.52 bits per heavy atom. The number of rotatable bonds is 6. The van der Waals surface area contributed by atoms with Crippen molar-refractivity contribution >= 4 is 6.09 Å². The van der Waals surface area contributed by atoms with E-state index in [0.717, 1.165) is 24.3 Å². The van der Waals surface area contributed by atoms with Gasteiger partial charge in [0.25, 0.3) is 0 Å². The molecule has 2 bridgehead atoms. The lowest BCUT2D eigenvalue weighted by molar-refractivity contribution is 0.0471. The van der Waals surface area contributed by atoms with Crippen LogP contribution in [0.2, 0.25) is 0 Å². The van der Waals surface area contributed by atoms with Crippen LogP contribution in [0.15, 0.2) is 0 Å². The zero-order valence-electron chi connectivity index (χ0n) is 15.5. The molecule has 5 atom stereocenters. The molecule has 0 spiro atoms. The Morgan fingerprint density at radius 1 is 1.35 bits per heavy atom. The maximum absolute atomic E-state index is 12.0. The Balaban J connectivity index is 1.83. The van der Waals surface area contributed by atoms with Gasteiger partial charge >= 0.3 is 6.09 Å². The van der Waals surface area contributed by atoms with Gasteiger partial charge < -0.3 is 15.8 Å². The molecular formula is C18H35N3O2. The summed E-state index contributed by atoms with van der Waals surface area (Å²) in [5.41, 5.74) is 5.52. The standard InChI is InChI=1S/C18H35N3O2/c1-12(20-17(22)23-18(2,3)4)16(10-19)21(5)11-15-9-13-6-7-14(15)8-13/h12-16H,6-11,19H2,1-5H3,(H,20,22). The van der Waals surface area contributed by atoms with E-state index in [1.165, 1.54) is 25.7 Å². The van der Waals surface area contributed by atoms with Gasteiger partial charge in [0, 0.05) is 25.2 Å². The fourth-order valence-corrected chi connectivity index (χ4v) is 4.46. The molecule has 2 aliphatic rings. The highest BCUT2D eigenvalue weighted by atomic mass is 16.6. The quantitative estimate of drug-likeness (QED) is 0.788. The third kappa shape index (κ3) is 5.08. The minimum atomic E-state index is -0.475. The molecule has 5 unspecified atom stereocenters. The molecular weight excluding hydrogens is 290 g/mol. The van der Waals surface area contributed by atoms with E-state index in [0.29, 0.717) is 6.54 Å². The number of nitrogens with two attached hydrogens (primary N) is 1. The van der Waals surface area contributed by atoms with Crippen LogP contribution in [-0.4, -0.2) is 48.8 Å². The van der Waals surface area contributed by atoms with Crippen LogP contribution in [0.1, 0.15) is 53.4 Å². The molecule has 5 nitrogen and oxygen atoms in total. The van der Waals surface area contributed by atoms with E-state index < -0.39 is 5.60 Å². The van der Waals surface area contributed by atoms with Gasteiger partial charge in [-0.05, 0) is 71.8 Å². The zero-order chi connectivity index (χ0) is 17.2. The maximum Gasteiger partial charge on any atom is 0.407 e. The molecule has 2 fully saturated rings. The fourth-order valence-electron chi connectivity index (χ4n) is 4.46. The first-order valence-corrected chi connectivity index (χ1v) is 9.09. The van der Waals surface area contributed by atoms with E-state index in [-0.39, 0.29) is 18.2 Å². The lowest BCUT2D eigenvalue weighted by atomic mass is 9.88. The lowest BCUT2D eigenvalue weighted by Crippen LogP contribution is -2.54. The summed E-state index contributed by atoms with van der Waals surface area (Å²) >= 11 is 0. The molecule has 0 aromatic heterocycles. The van der Waals surface area contributed by atoms with Crippen molar-refractivity contribution in [3.8, 4) is 0 Å². The first kappa shape index (κ1) is 18.5. The Bertz CT molecular complexity index is 408. The summed E-state index contributed by atoms with van der Waals surface area (Å²) < 4.78 is 5.35. The lowest BCUT2D eigenvalue weighted by Gasteiger charge is -2.36. The Morgan fingerprint density at radius 2 is 2.04 bits per heavy atom. The number of nitrogens with zero attached hydrogens (tertiary/aromatic N) is 1. The summed E-state index contributed by atoms with van der Waals surface area (Å²) in [6.45, 7) is 9.26.